The zero-order valence-corrected chi connectivity index (χ0v) is 11.1. The molecule has 1 rings (SSSR count). The smallest absolute Gasteiger partial charge is 0.105 e. The number of hydrogen-bond donors (Lipinski definition) is 1. The molecule has 0 aliphatic carbocycles. The van der Waals surface area contributed by atoms with E-state index in [1.54, 1.807) is 7.05 Å². The summed E-state index contributed by atoms with van der Waals surface area (Å²) in [6.45, 7) is 10.3. The van der Waals surface area contributed by atoms with Crippen LogP contribution in [0.5, 0.6) is 0 Å². The lowest BCUT2D eigenvalue weighted by molar-refractivity contribution is 1.05. The monoisotopic (exact) mass is 235 g/mol. The van der Waals surface area contributed by atoms with E-state index in [1.165, 1.54) is 11.1 Å². The van der Waals surface area contributed by atoms with Gasteiger partial charge in [0, 0.05) is 7.05 Å². The Morgan fingerprint density at radius 1 is 1.25 bits per heavy atom. The molecule has 16 heavy (non-hydrogen) atoms. The highest BCUT2D eigenvalue weighted by Gasteiger charge is 2.06. The molecule has 0 heterocycles. The number of nitrogens with one attached hydrogen (secondary N) is 1. The van der Waals surface area contributed by atoms with Gasteiger partial charge in [0.15, 0.2) is 0 Å². The zero-order valence-electron chi connectivity index (χ0n) is 10.3. The van der Waals surface area contributed by atoms with Gasteiger partial charge in [0.1, 0.15) is 5.16 Å². The Hall–Kier alpha value is -1.21. The molecule has 2 heteroatoms. The molecule has 86 valence electrons. The first kappa shape index (κ1) is 12.9. The fraction of sp³-hybridized carbons (Fsp3) is 0.286. The number of rotatable bonds is 3. The second-order valence-electron chi connectivity index (χ2n) is 3.97. The average molecular weight is 236 g/mol. The Kier molecular flexibility index (Phi) is 4.19. The van der Waals surface area contributed by atoms with Crippen LogP contribution in [-0.2, 0) is 0 Å². The molecule has 0 aliphatic rings. The molecule has 0 spiro atoms. The highest BCUT2D eigenvalue weighted by atomic mass is 35.5. The Morgan fingerprint density at radius 3 is 2.38 bits per heavy atom. The highest BCUT2D eigenvalue weighted by Crippen LogP contribution is 2.25. The van der Waals surface area contributed by atoms with Crippen molar-refractivity contribution in [3.05, 3.63) is 52.2 Å². The lowest BCUT2D eigenvalue weighted by atomic mass is 9.97. The minimum atomic E-state index is 0.642. The lowest BCUT2D eigenvalue weighted by Gasteiger charge is -2.11. The second kappa shape index (κ2) is 5.22. The van der Waals surface area contributed by atoms with Crippen LogP contribution in [-0.4, -0.2) is 7.05 Å². The van der Waals surface area contributed by atoms with Crippen LogP contribution in [0, 0.1) is 13.8 Å². The van der Waals surface area contributed by atoms with E-state index in [0.717, 1.165) is 16.7 Å². The summed E-state index contributed by atoms with van der Waals surface area (Å²) < 4.78 is 0. The molecule has 0 amide bonds. The Morgan fingerprint density at radius 2 is 1.88 bits per heavy atom. The molecule has 0 aromatic heterocycles. The third-order valence-electron chi connectivity index (χ3n) is 2.86. The van der Waals surface area contributed by atoms with Crippen molar-refractivity contribution in [2.45, 2.75) is 20.8 Å². The predicted molar refractivity (Wildman–Crippen MR) is 72.6 cm³/mol. The van der Waals surface area contributed by atoms with Gasteiger partial charge < -0.3 is 5.32 Å². The maximum Gasteiger partial charge on any atom is 0.105 e. The zero-order chi connectivity index (χ0) is 12.3. The van der Waals surface area contributed by atoms with Crippen LogP contribution >= 0.6 is 11.6 Å². The molecule has 0 aliphatic heterocycles. The van der Waals surface area contributed by atoms with Gasteiger partial charge in [-0.3, -0.25) is 0 Å². The fourth-order valence-electron chi connectivity index (χ4n) is 1.47. The van der Waals surface area contributed by atoms with Crippen molar-refractivity contribution in [3.63, 3.8) is 0 Å². The van der Waals surface area contributed by atoms with Crippen LogP contribution in [0.25, 0.3) is 5.57 Å². The average Bonchev–Trinajstić information content (AvgIpc) is 2.29. The summed E-state index contributed by atoms with van der Waals surface area (Å²) in [7, 11) is 1.81. The molecule has 0 saturated heterocycles. The number of hydrogen-bond acceptors (Lipinski definition) is 1. The number of aryl methyl sites for hydroxylation is 2. The minimum Gasteiger partial charge on any atom is -0.379 e. The van der Waals surface area contributed by atoms with E-state index in [2.05, 4.69) is 43.9 Å². The third kappa shape index (κ3) is 2.67. The van der Waals surface area contributed by atoms with Crippen molar-refractivity contribution in [1.82, 2.24) is 5.32 Å². The van der Waals surface area contributed by atoms with Crippen molar-refractivity contribution in [1.29, 1.82) is 0 Å². The molecule has 0 saturated carbocycles. The van der Waals surface area contributed by atoms with Crippen molar-refractivity contribution in [3.8, 4) is 0 Å². The van der Waals surface area contributed by atoms with E-state index in [0.29, 0.717) is 5.16 Å². The normalized spacial score (nSPS) is 12.1. The lowest BCUT2D eigenvalue weighted by Crippen LogP contribution is -2.03. The van der Waals surface area contributed by atoms with Gasteiger partial charge in [-0.25, -0.2) is 0 Å². The maximum atomic E-state index is 6.04. The number of benzene rings is 1. The molecule has 1 aromatic rings. The Balaban J connectivity index is 3.11. The van der Waals surface area contributed by atoms with E-state index in [4.69, 9.17) is 11.6 Å². The molecule has 0 radical (unpaired) electrons. The van der Waals surface area contributed by atoms with E-state index in [9.17, 15) is 0 Å². The fourth-order valence-corrected chi connectivity index (χ4v) is 1.58. The summed E-state index contributed by atoms with van der Waals surface area (Å²) in [6, 6.07) is 6.32. The molecule has 1 nitrogen and oxygen atoms in total. The molecular weight excluding hydrogens is 218 g/mol. The summed E-state index contributed by atoms with van der Waals surface area (Å²) in [4.78, 5) is 0. The highest BCUT2D eigenvalue weighted by molar-refractivity contribution is 6.30. The van der Waals surface area contributed by atoms with E-state index in [1.807, 2.05) is 6.92 Å². The van der Waals surface area contributed by atoms with Crippen LogP contribution in [0.4, 0.5) is 0 Å². The molecule has 1 N–H and O–H groups in total. The molecule has 0 atom stereocenters. The van der Waals surface area contributed by atoms with E-state index in [-0.39, 0.29) is 0 Å². The molecule has 0 bridgehead atoms. The van der Waals surface area contributed by atoms with Crippen LogP contribution in [0.3, 0.4) is 0 Å². The van der Waals surface area contributed by atoms with Crippen molar-refractivity contribution < 1.29 is 0 Å². The third-order valence-corrected chi connectivity index (χ3v) is 3.33. The number of allylic oxidation sites excluding steroid dienone is 2. The molecule has 0 unspecified atom stereocenters. The Labute approximate surface area is 103 Å². The maximum absolute atomic E-state index is 6.04. The van der Waals surface area contributed by atoms with Gasteiger partial charge in [-0.2, -0.15) is 0 Å². The van der Waals surface area contributed by atoms with Crippen molar-refractivity contribution in [2.24, 2.45) is 0 Å². The molecular formula is C14H18ClN. The summed E-state index contributed by atoms with van der Waals surface area (Å²) in [6.07, 6.45) is 0. The molecule has 1 aromatic carbocycles. The summed E-state index contributed by atoms with van der Waals surface area (Å²) in [5, 5.41) is 3.57. The minimum absolute atomic E-state index is 0.642. The van der Waals surface area contributed by atoms with Crippen molar-refractivity contribution in [2.75, 3.05) is 7.05 Å². The standard InChI is InChI=1S/C14H18ClN/c1-9-6-7-13(8-10(9)2)11(3)12(4)14(15)16-5/h6-8,16H,3H2,1-2,4-5H3/b14-12-. The first-order chi connectivity index (χ1) is 7.47. The van der Waals surface area contributed by atoms with E-state index < -0.39 is 0 Å². The summed E-state index contributed by atoms with van der Waals surface area (Å²) >= 11 is 6.04. The largest absolute Gasteiger partial charge is 0.379 e. The van der Waals surface area contributed by atoms with Gasteiger partial charge >= 0.3 is 0 Å². The predicted octanol–water partition coefficient (Wildman–Crippen LogP) is 4.01. The van der Waals surface area contributed by atoms with Crippen LogP contribution in [0.1, 0.15) is 23.6 Å². The number of halogens is 1. The Bertz CT molecular complexity index is 444. The SMILES string of the molecule is C=C(/C(C)=C(/Cl)NC)c1ccc(C)c(C)c1. The van der Waals surface area contributed by atoms with Crippen LogP contribution < -0.4 is 5.32 Å². The first-order valence-corrected chi connectivity index (χ1v) is 5.66. The summed E-state index contributed by atoms with van der Waals surface area (Å²) in [5.74, 6) is 0. The van der Waals surface area contributed by atoms with Gasteiger partial charge in [-0.05, 0) is 48.6 Å². The van der Waals surface area contributed by atoms with Gasteiger partial charge in [0.25, 0.3) is 0 Å². The van der Waals surface area contributed by atoms with Crippen LogP contribution in [0.2, 0.25) is 0 Å². The van der Waals surface area contributed by atoms with Gasteiger partial charge in [0.2, 0.25) is 0 Å². The van der Waals surface area contributed by atoms with Gasteiger partial charge in [-0.1, -0.05) is 36.4 Å². The summed E-state index contributed by atoms with van der Waals surface area (Å²) in [5.41, 5.74) is 5.62. The van der Waals surface area contributed by atoms with Crippen LogP contribution in [0.15, 0.2) is 35.5 Å². The van der Waals surface area contributed by atoms with Crippen molar-refractivity contribution >= 4 is 17.2 Å². The first-order valence-electron chi connectivity index (χ1n) is 5.28. The quantitative estimate of drug-likeness (QED) is 0.617. The molecule has 0 fully saturated rings. The second-order valence-corrected chi connectivity index (χ2v) is 4.34. The van der Waals surface area contributed by atoms with Gasteiger partial charge in [-0.15, -0.1) is 0 Å². The van der Waals surface area contributed by atoms with Gasteiger partial charge in [0.05, 0.1) is 0 Å². The topological polar surface area (TPSA) is 12.0 Å². The van der Waals surface area contributed by atoms with E-state index >= 15 is 0 Å².